The van der Waals surface area contributed by atoms with E-state index in [1.165, 1.54) is 15.3 Å². The molecule has 1 unspecified atom stereocenters. The zero-order valence-corrected chi connectivity index (χ0v) is 14.0. The van der Waals surface area contributed by atoms with Crippen molar-refractivity contribution in [3.63, 3.8) is 0 Å². The van der Waals surface area contributed by atoms with Crippen LogP contribution in [0.25, 0.3) is 0 Å². The van der Waals surface area contributed by atoms with Gasteiger partial charge < -0.3 is 11.1 Å². The number of aryl methyl sites for hydroxylation is 2. The molecule has 1 aromatic heterocycles. The largest absolute Gasteiger partial charge is 0.351 e. The summed E-state index contributed by atoms with van der Waals surface area (Å²) in [7, 11) is 0. The van der Waals surface area contributed by atoms with Gasteiger partial charge in [0, 0.05) is 16.2 Å². The van der Waals surface area contributed by atoms with Crippen LogP contribution in [0, 0.1) is 25.7 Å². The number of thiophene rings is 1. The molecule has 0 aliphatic heterocycles. The van der Waals surface area contributed by atoms with Crippen molar-refractivity contribution in [3.05, 3.63) is 21.4 Å². The van der Waals surface area contributed by atoms with Gasteiger partial charge in [-0.25, -0.2) is 0 Å². The Hall–Kier alpha value is -0.870. The van der Waals surface area contributed by atoms with Crippen LogP contribution in [0.15, 0.2) is 6.07 Å². The molecule has 1 heterocycles. The first kappa shape index (κ1) is 17.2. The highest BCUT2D eigenvalue weighted by Crippen LogP contribution is 2.21. The van der Waals surface area contributed by atoms with Gasteiger partial charge in [-0.3, -0.25) is 4.79 Å². The Labute approximate surface area is 127 Å². The molecule has 0 spiro atoms. The third kappa shape index (κ3) is 5.63. The molecule has 0 aliphatic rings. The fourth-order valence-corrected chi connectivity index (χ4v) is 3.35. The number of hydrogen-bond donors (Lipinski definition) is 2. The third-order valence-electron chi connectivity index (χ3n) is 3.90. The van der Waals surface area contributed by atoms with Crippen molar-refractivity contribution < 1.29 is 4.79 Å². The van der Waals surface area contributed by atoms with Crippen LogP contribution in [0.1, 0.15) is 48.4 Å². The van der Waals surface area contributed by atoms with E-state index in [2.05, 4.69) is 39.1 Å². The SMILES string of the molecule is Cc1cc(CNC(=O)CCC(CCN)C(C)C)sc1C. The Balaban J connectivity index is 2.32. The fraction of sp³-hybridized carbons (Fsp3) is 0.688. The maximum Gasteiger partial charge on any atom is 0.220 e. The number of rotatable bonds is 8. The van der Waals surface area contributed by atoms with Gasteiger partial charge in [0.25, 0.3) is 0 Å². The van der Waals surface area contributed by atoms with Crippen molar-refractivity contribution in [2.45, 2.75) is 53.5 Å². The fourth-order valence-electron chi connectivity index (χ4n) is 2.35. The molecule has 3 N–H and O–H groups in total. The molecule has 3 nitrogen and oxygen atoms in total. The molecular weight excluding hydrogens is 268 g/mol. The molecule has 0 aliphatic carbocycles. The molecule has 1 amide bonds. The van der Waals surface area contributed by atoms with Gasteiger partial charge in [-0.15, -0.1) is 11.3 Å². The topological polar surface area (TPSA) is 55.1 Å². The number of nitrogens with two attached hydrogens (primary N) is 1. The normalized spacial score (nSPS) is 12.7. The first-order chi connectivity index (χ1) is 9.43. The van der Waals surface area contributed by atoms with Crippen LogP contribution < -0.4 is 11.1 Å². The summed E-state index contributed by atoms with van der Waals surface area (Å²) in [5.41, 5.74) is 6.93. The third-order valence-corrected chi connectivity index (χ3v) is 5.05. The molecule has 1 aromatic rings. The summed E-state index contributed by atoms with van der Waals surface area (Å²) in [5.74, 6) is 1.29. The zero-order valence-electron chi connectivity index (χ0n) is 13.2. The number of nitrogens with one attached hydrogen (secondary N) is 1. The van der Waals surface area contributed by atoms with Crippen molar-refractivity contribution in [1.82, 2.24) is 5.32 Å². The second-order valence-electron chi connectivity index (χ2n) is 5.85. The van der Waals surface area contributed by atoms with Gasteiger partial charge in [0.05, 0.1) is 6.54 Å². The van der Waals surface area contributed by atoms with Gasteiger partial charge in [0.15, 0.2) is 0 Å². The smallest absolute Gasteiger partial charge is 0.220 e. The Morgan fingerprint density at radius 1 is 1.35 bits per heavy atom. The standard InChI is InChI=1S/C16H28N2OS/c1-11(2)14(7-8-17)5-6-16(19)18-10-15-9-12(3)13(4)20-15/h9,11,14H,5-8,10,17H2,1-4H3,(H,18,19). The highest BCUT2D eigenvalue weighted by Gasteiger charge is 2.14. The molecule has 1 atom stereocenters. The molecule has 0 bridgehead atoms. The average Bonchev–Trinajstić information content (AvgIpc) is 2.71. The predicted molar refractivity (Wildman–Crippen MR) is 86.9 cm³/mol. The van der Waals surface area contributed by atoms with Crippen LogP contribution in [-0.4, -0.2) is 12.5 Å². The molecule has 20 heavy (non-hydrogen) atoms. The number of carbonyl (C=O) groups excluding carboxylic acids is 1. The molecule has 1 rings (SSSR count). The highest BCUT2D eigenvalue weighted by atomic mass is 32.1. The highest BCUT2D eigenvalue weighted by molar-refractivity contribution is 7.12. The Morgan fingerprint density at radius 2 is 2.05 bits per heavy atom. The summed E-state index contributed by atoms with van der Waals surface area (Å²) in [6.07, 6.45) is 2.55. The van der Waals surface area contributed by atoms with E-state index >= 15 is 0 Å². The van der Waals surface area contributed by atoms with Gasteiger partial charge in [-0.05, 0) is 56.7 Å². The molecule has 0 saturated heterocycles. The van der Waals surface area contributed by atoms with Crippen LogP contribution in [0.3, 0.4) is 0 Å². The molecule has 0 saturated carbocycles. The van der Waals surface area contributed by atoms with Gasteiger partial charge in [0.2, 0.25) is 5.91 Å². The summed E-state index contributed by atoms with van der Waals surface area (Å²) < 4.78 is 0. The van der Waals surface area contributed by atoms with Crippen LogP contribution in [0.5, 0.6) is 0 Å². The van der Waals surface area contributed by atoms with E-state index in [1.54, 1.807) is 11.3 Å². The van der Waals surface area contributed by atoms with Crippen molar-refractivity contribution in [2.24, 2.45) is 17.6 Å². The van der Waals surface area contributed by atoms with E-state index in [-0.39, 0.29) is 5.91 Å². The van der Waals surface area contributed by atoms with E-state index in [1.807, 2.05) is 0 Å². The number of hydrogen-bond acceptors (Lipinski definition) is 3. The van der Waals surface area contributed by atoms with Crippen LogP contribution in [-0.2, 0) is 11.3 Å². The van der Waals surface area contributed by atoms with Crippen molar-refractivity contribution >= 4 is 17.2 Å². The zero-order chi connectivity index (χ0) is 15.1. The van der Waals surface area contributed by atoms with Gasteiger partial charge >= 0.3 is 0 Å². The van der Waals surface area contributed by atoms with Gasteiger partial charge in [0.1, 0.15) is 0 Å². The van der Waals surface area contributed by atoms with Gasteiger partial charge in [-0.1, -0.05) is 13.8 Å². The first-order valence-corrected chi connectivity index (χ1v) is 8.28. The number of amides is 1. The summed E-state index contributed by atoms with van der Waals surface area (Å²) in [6, 6.07) is 2.16. The van der Waals surface area contributed by atoms with E-state index in [9.17, 15) is 4.79 Å². The van der Waals surface area contributed by atoms with E-state index < -0.39 is 0 Å². The van der Waals surface area contributed by atoms with Crippen molar-refractivity contribution in [2.75, 3.05) is 6.54 Å². The molecule has 0 fully saturated rings. The molecular formula is C16H28N2OS. The van der Waals surface area contributed by atoms with Crippen molar-refractivity contribution in [1.29, 1.82) is 0 Å². The van der Waals surface area contributed by atoms with Crippen molar-refractivity contribution in [3.8, 4) is 0 Å². The lowest BCUT2D eigenvalue weighted by atomic mass is 9.88. The molecule has 4 heteroatoms. The van der Waals surface area contributed by atoms with E-state index in [0.717, 1.165) is 12.8 Å². The molecule has 0 aromatic carbocycles. The predicted octanol–water partition coefficient (Wildman–Crippen LogP) is 3.38. The summed E-state index contributed by atoms with van der Waals surface area (Å²) in [4.78, 5) is 14.5. The minimum atomic E-state index is 0.149. The summed E-state index contributed by atoms with van der Waals surface area (Å²) >= 11 is 1.76. The monoisotopic (exact) mass is 296 g/mol. The Bertz CT molecular complexity index is 407. The van der Waals surface area contributed by atoms with E-state index in [4.69, 9.17) is 5.73 Å². The average molecular weight is 296 g/mol. The first-order valence-electron chi connectivity index (χ1n) is 7.46. The maximum atomic E-state index is 11.9. The lowest BCUT2D eigenvalue weighted by Crippen LogP contribution is -2.24. The minimum Gasteiger partial charge on any atom is -0.351 e. The minimum absolute atomic E-state index is 0.149. The Morgan fingerprint density at radius 3 is 2.55 bits per heavy atom. The second-order valence-corrected chi connectivity index (χ2v) is 7.19. The number of carbonyl (C=O) groups is 1. The van der Waals surface area contributed by atoms with Crippen LogP contribution in [0.2, 0.25) is 0 Å². The van der Waals surface area contributed by atoms with E-state index in [0.29, 0.717) is 31.3 Å². The summed E-state index contributed by atoms with van der Waals surface area (Å²) in [6.45, 7) is 9.99. The second kappa shape index (κ2) is 8.42. The summed E-state index contributed by atoms with van der Waals surface area (Å²) in [5, 5.41) is 3.02. The lowest BCUT2D eigenvalue weighted by Gasteiger charge is -2.19. The van der Waals surface area contributed by atoms with Gasteiger partial charge in [-0.2, -0.15) is 0 Å². The quantitative estimate of drug-likeness (QED) is 0.772. The lowest BCUT2D eigenvalue weighted by molar-refractivity contribution is -0.121. The van der Waals surface area contributed by atoms with Crippen LogP contribution >= 0.6 is 11.3 Å². The Kier molecular flexibility index (Phi) is 7.24. The molecule has 0 radical (unpaired) electrons. The molecule has 114 valence electrons. The maximum absolute atomic E-state index is 11.9. The van der Waals surface area contributed by atoms with Crippen LogP contribution in [0.4, 0.5) is 0 Å².